The molecule has 2 aromatic rings. The number of nitrogens with zero attached hydrogens (tertiary/aromatic N) is 3. The molecule has 11 heteroatoms. The molecule has 5 rings (SSSR count). The van der Waals surface area contributed by atoms with E-state index in [4.69, 9.17) is 4.42 Å². The molecule has 3 atom stereocenters. The number of aromatic nitrogens is 2. The van der Waals surface area contributed by atoms with E-state index in [0.29, 0.717) is 30.5 Å². The second-order valence-corrected chi connectivity index (χ2v) is 9.62. The van der Waals surface area contributed by atoms with Gasteiger partial charge in [0.2, 0.25) is 17.7 Å². The number of rotatable bonds is 3. The van der Waals surface area contributed by atoms with E-state index >= 15 is 0 Å². The average Bonchev–Trinajstić information content (AvgIpc) is 3.11. The van der Waals surface area contributed by atoms with Crippen molar-refractivity contribution in [2.75, 3.05) is 5.32 Å². The zero-order valence-corrected chi connectivity index (χ0v) is 18.0. The molecule has 2 bridgehead atoms. The SMILES string of the molecule is Cc1nnc(C23CC(C[C@@H](C)C2)N3C(=O)Nc2ccc(C(F)(F)F)c(C3CC(F)(F)C3)c2)o1. The van der Waals surface area contributed by atoms with Crippen LogP contribution in [-0.4, -0.2) is 33.1 Å². The monoisotopic (exact) mass is 470 g/mol. The van der Waals surface area contributed by atoms with E-state index in [9.17, 15) is 26.7 Å². The van der Waals surface area contributed by atoms with E-state index in [0.717, 1.165) is 18.6 Å². The van der Waals surface area contributed by atoms with Gasteiger partial charge in [0, 0.05) is 37.9 Å². The maximum atomic E-state index is 13.5. The Morgan fingerprint density at radius 1 is 1.18 bits per heavy atom. The molecule has 2 unspecified atom stereocenters. The summed E-state index contributed by atoms with van der Waals surface area (Å²) >= 11 is 0. The van der Waals surface area contributed by atoms with Gasteiger partial charge in [0.1, 0.15) is 5.54 Å². The fourth-order valence-electron chi connectivity index (χ4n) is 5.73. The molecule has 2 heterocycles. The molecular weight excluding hydrogens is 447 g/mol. The highest BCUT2D eigenvalue weighted by Crippen LogP contribution is 2.56. The Balaban J connectivity index is 1.42. The number of benzene rings is 1. The number of urea groups is 1. The summed E-state index contributed by atoms with van der Waals surface area (Å²) < 4.78 is 72.8. The Hall–Kier alpha value is -2.72. The molecule has 2 saturated carbocycles. The van der Waals surface area contributed by atoms with Crippen LogP contribution in [0.3, 0.4) is 0 Å². The lowest BCUT2D eigenvalue weighted by molar-refractivity contribution is -0.140. The maximum absolute atomic E-state index is 13.5. The van der Waals surface area contributed by atoms with Gasteiger partial charge in [0.25, 0.3) is 0 Å². The first kappa shape index (κ1) is 22.1. The van der Waals surface area contributed by atoms with Crippen molar-refractivity contribution < 1.29 is 31.2 Å². The molecule has 1 aromatic carbocycles. The minimum absolute atomic E-state index is 0.0554. The van der Waals surface area contributed by atoms with Crippen molar-refractivity contribution in [3.63, 3.8) is 0 Å². The molecule has 3 aliphatic rings. The summed E-state index contributed by atoms with van der Waals surface area (Å²) in [6.45, 7) is 3.74. The van der Waals surface area contributed by atoms with Crippen LogP contribution in [0.1, 0.15) is 67.9 Å². The van der Waals surface area contributed by atoms with Crippen molar-refractivity contribution in [1.29, 1.82) is 0 Å². The number of aryl methyl sites for hydroxylation is 1. The number of carbonyl (C=O) groups is 1. The molecule has 1 aromatic heterocycles. The number of piperidine rings is 1. The molecule has 3 fully saturated rings. The number of carbonyl (C=O) groups excluding carboxylic acids is 1. The van der Waals surface area contributed by atoms with E-state index < -0.39 is 48.0 Å². The fraction of sp³-hybridized carbons (Fsp3) is 0.591. The molecule has 1 aliphatic heterocycles. The molecule has 0 spiro atoms. The van der Waals surface area contributed by atoms with E-state index in [-0.39, 0.29) is 17.3 Å². The van der Waals surface area contributed by atoms with Gasteiger partial charge in [-0.15, -0.1) is 10.2 Å². The summed E-state index contributed by atoms with van der Waals surface area (Å²) in [7, 11) is 0. The number of fused-ring (bicyclic) bond motifs is 2. The first-order valence-electron chi connectivity index (χ1n) is 10.9. The normalized spacial score (nSPS) is 28.8. The second-order valence-electron chi connectivity index (χ2n) is 9.62. The minimum atomic E-state index is -4.67. The van der Waals surface area contributed by atoms with Crippen LogP contribution in [0.15, 0.2) is 22.6 Å². The lowest BCUT2D eigenvalue weighted by atomic mass is 9.64. The highest BCUT2D eigenvalue weighted by Gasteiger charge is 2.62. The van der Waals surface area contributed by atoms with Crippen molar-refractivity contribution in [2.24, 2.45) is 5.92 Å². The summed E-state index contributed by atoms with van der Waals surface area (Å²) in [4.78, 5) is 14.9. The molecule has 2 aliphatic carbocycles. The Labute approximate surface area is 186 Å². The molecular formula is C22H23F5N4O2. The Bertz CT molecular complexity index is 1090. The predicted molar refractivity (Wildman–Crippen MR) is 107 cm³/mol. The van der Waals surface area contributed by atoms with Crippen LogP contribution in [0.25, 0.3) is 0 Å². The van der Waals surface area contributed by atoms with Gasteiger partial charge < -0.3 is 14.6 Å². The van der Waals surface area contributed by atoms with Gasteiger partial charge in [-0.1, -0.05) is 6.92 Å². The largest absolute Gasteiger partial charge is 0.423 e. The van der Waals surface area contributed by atoms with Crippen LogP contribution >= 0.6 is 0 Å². The molecule has 178 valence electrons. The van der Waals surface area contributed by atoms with Crippen LogP contribution in [0.5, 0.6) is 0 Å². The van der Waals surface area contributed by atoms with E-state index in [1.165, 1.54) is 6.07 Å². The van der Waals surface area contributed by atoms with Crippen molar-refractivity contribution in [1.82, 2.24) is 15.1 Å². The average molecular weight is 470 g/mol. The smallest absolute Gasteiger partial charge is 0.416 e. The summed E-state index contributed by atoms with van der Waals surface area (Å²) in [5.41, 5.74) is -1.79. The molecule has 2 amide bonds. The topological polar surface area (TPSA) is 71.3 Å². The maximum Gasteiger partial charge on any atom is 0.416 e. The lowest BCUT2D eigenvalue weighted by Crippen LogP contribution is -2.70. The van der Waals surface area contributed by atoms with Gasteiger partial charge in [0.15, 0.2) is 0 Å². The molecule has 33 heavy (non-hydrogen) atoms. The van der Waals surface area contributed by atoms with Crippen LogP contribution in [-0.2, 0) is 11.7 Å². The zero-order valence-electron chi connectivity index (χ0n) is 18.0. The van der Waals surface area contributed by atoms with E-state index in [2.05, 4.69) is 22.4 Å². The van der Waals surface area contributed by atoms with Crippen molar-refractivity contribution in [2.45, 2.75) is 75.5 Å². The Morgan fingerprint density at radius 3 is 2.52 bits per heavy atom. The van der Waals surface area contributed by atoms with Gasteiger partial charge >= 0.3 is 12.2 Å². The van der Waals surface area contributed by atoms with Gasteiger partial charge in [0.05, 0.1) is 5.56 Å². The number of hydrogen-bond acceptors (Lipinski definition) is 4. The number of hydrogen-bond donors (Lipinski definition) is 1. The first-order chi connectivity index (χ1) is 15.4. The van der Waals surface area contributed by atoms with Crippen molar-refractivity contribution >= 4 is 11.7 Å². The Morgan fingerprint density at radius 2 is 1.91 bits per heavy atom. The number of amides is 2. The number of nitrogens with one attached hydrogen (secondary N) is 1. The Kier molecular flexibility index (Phi) is 4.78. The van der Waals surface area contributed by atoms with Crippen molar-refractivity contribution in [3.05, 3.63) is 41.1 Å². The first-order valence-corrected chi connectivity index (χ1v) is 10.9. The number of anilines is 1. The summed E-state index contributed by atoms with van der Waals surface area (Å²) in [6.07, 6.45) is -3.86. The quantitative estimate of drug-likeness (QED) is 0.572. The minimum Gasteiger partial charge on any atom is -0.423 e. The summed E-state index contributed by atoms with van der Waals surface area (Å²) in [6, 6.07) is 2.63. The summed E-state index contributed by atoms with van der Waals surface area (Å²) in [5.74, 6) is -2.81. The van der Waals surface area contributed by atoms with Gasteiger partial charge in [-0.05, 0) is 48.4 Å². The third-order valence-corrected chi connectivity index (χ3v) is 7.04. The third kappa shape index (κ3) is 3.65. The molecule has 6 nitrogen and oxygen atoms in total. The lowest BCUT2D eigenvalue weighted by Gasteiger charge is -2.61. The fourth-order valence-corrected chi connectivity index (χ4v) is 5.73. The van der Waals surface area contributed by atoms with Crippen LogP contribution in [0.2, 0.25) is 0 Å². The number of alkyl halides is 5. The van der Waals surface area contributed by atoms with Crippen LogP contribution < -0.4 is 5.32 Å². The molecule has 1 N–H and O–H groups in total. The van der Waals surface area contributed by atoms with Crippen LogP contribution in [0, 0.1) is 12.8 Å². The summed E-state index contributed by atoms with van der Waals surface area (Å²) in [5, 5.41) is 10.7. The highest BCUT2D eigenvalue weighted by atomic mass is 19.4. The van der Waals surface area contributed by atoms with E-state index in [1.807, 2.05) is 0 Å². The van der Waals surface area contributed by atoms with Crippen LogP contribution in [0.4, 0.5) is 32.4 Å². The number of halogens is 5. The third-order valence-electron chi connectivity index (χ3n) is 7.04. The zero-order chi connectivity index (χ0) is 23.8. The number of likely N-dealkylation sites (tertiary alicyclic amines) is 1. The van der Waals surface area contributed by atoms with E-state index in [1.54, 1.807) is 11.8 Å². The van der Waals surface area contributed by atoms with Gasteiger partial charge in [-0.3, -0.25) is 0 Å². The van der Waals surface area contributed by atoms with Gasteiger partial charge in [-0.25, -0.2) is 13.6 Å². The highest BCUT2D eigenvalue weighted by molar-refractivity contribution is 5.91. The predicted octanol–water partition coefficient (Wildman–Crippen LogP) is 5.84. The molecule has 1 saturated heterocycles. The molecule has 0 radical (unpaired) electrons. The van der Waals surface area contributed by atoms with Crippen molar-refractivity contribution in [3.8, 4) is 0 Å². The van der Waals surface area contributed by atoms with Gasteiger partial charge in [-0.2, -0.15) is 13.2 Å². The standard InChI is InChI=1S/C22H23F5N4O2/c1-11-5-15-10-20(7-11,18-30-29-12(2)33-18)31(15)19(32)28-14-3-4-17(22(25,26)27)16(6-14)13-8-21(23,24)9-13/h3-4,6,11,13,15H,5,7-10H2,1-2H3,(H,28,32)/t11-,15?,20?/m1/s1. The second kappa shape index (κ2) is 7.14.